The number of nitrogens with zero attached hydrogens (tertiary/aromatic N) is 3. The Morgan fingerprint density at radius 3 is 2.71 bits per heavy atom. The lowest BCUT2D eigenvalue weighted by atomic mass is 9.99. The Balaban J connectivity index is 0.00000144. The highest BCUT2D eigenvalue weighted by molar-refractivity contribution is 5.97. The number of aromatic nitrogens is 1. The second-order valence-corrected chi connectivity index (χ2v) is 10.6. The average Bonchev–Trinajstić information content (AvgIpc) is 3.71. The van der Waals surface area contributed by atoms with Gasteiger partial charge < -0.3 is 24.4 Å². The van der Waals surface area contributed by atoms with Crippen molar-refractivity contribution in [3.8, 4) is 0 Å². The van der Waals surface area contributed by atoms with Crippen LogP contribution in [-0.4, -0.2) is 58.7 Å². The molecule has 1 aliphatic carbocycles. The first kappa shape index (κ1) is 26.5. The van der Waals surface area contributed by atoms with E-state index in [0.29, 0.717) is 12.1 Å². The zero-order chi connectivity index (χ0) is 26.8. The lowest BCUT2D eigenvalue weighted by molar-refractivity contribution is -0.131. The van der Waals surface area contributed by atoms with Crippen molar-refractivity contribution in [3.63, 3.8) is 0 Å². The van der Waals surface area contributed by atoms with E-state index in [0.717, 1.165) is 50.0 Å². The molecule has 202 valence electrons. The summed E-state index contributed by atoms with van der Waals surface area (Å²) in [6.45, 7) is 16.7. The summed E-state index contributed by atoms with van der Waals surface area (Å²) in [6, 6.07) is 11.2. The fraction of sp³-hybridized carbons (Fsp3) is 0.469. The van der Waals surface area contributed by atoms with Gasteiger partial charge in [-0.25, -0.2) is 0 Å². The highest BCUT2D eigenvalue weighted by atomic mass is 16.5. The summed E-state index contributed by atoms with van der Waals surface area (Å²) in [6.07, 6.45) is 9.60. The molecule has 2 unspecified atom stereocenters. The predicted octanol–water partition coefficient (Wildman–Crippen LogP) is 5.69. The van der Waals surface area contributed by atoms with Crippen molar-refractivity contribution in [2.45, 2.75) is 65.6 Å². The average molecular weight is 515 g/mol. The molecule has 2 saturated heterocycles. The molecule has 0 radical (unpaired) electrons. The molecule has 6 nitrogen and oxygen atoms in total. The number of benzene rings is 1. The first-order chi connectivity index (χ1) is 18.5. The van der Waals surface area contributed by atoms with Gasteiger partial charge in [-0.15, -0.1) is 0 Å². The molecular weight excluding hydrogens is 472 g/mol. The molecule has 6 heteroatoms. The summed E-state index contributed by atoms with van der Waals surface area (Å²) in [4.78, 5) is 17.4. The van der Waals surface area contributed by atoms with Crippen LogP contribution in [0.3, 0.4) is 0 Å². The molecule has 1 N–H and O–H groups in total. The molecule has 1 amide bonds. The van der Waals surface area contributed by atoms with Crippen molar-refractivity contribution in [1.82, 2.24) is 19.7 Å². The summed E-state index contributed by atoms with van der Waals surface area (Å²) < 4.78 is 8.35. The number of nitrogens with one attached hydrogen (secondary N) is 1. The van der Waals surface area contributed by atoms with Gasteiger partial charge in [-0.2, -0.15) is 0 Å². The number of morpholine rings is 1. The Labute approximate surface area is 227 Å². The van der Waals surface area contributed by atoms with Crippen molar-refractivity contribution in [2.75, 3.05) is 26.2 Å². The van der Waals surface area contributed by atoms with Crippen molar-refractivity contribution in [1.29, 1.82) is 0 Å². The summed E-state index contributed by atoms with van der Waals surface area (Å²) in [5.41, 5.74) is 6.43. The molecule has 1 aromatic heterocycles. The Bertz CT molecular complexity index is 1300. The van der Waals surface area contributed by atoms with Crippen molar-refractivity contribution < 1.29 is 9.53 Å². The second-order valence-electron chi connectivity index (χ2n) is 10.6. The number of carbonyl (C=O) groups is 1. The number of fused-ring (bicyclic) bond motifs is 2. The standard InChI is InChI=1S/C30H36N4O2.C2H6/c1-20-16-25(30(35)32-13-11-29-26(19-32)31-12-15-36-29)10-14-33(20)22(3)21(2)28-17-24-6-4-5-7-27(24)34(28)18-23-8-9-23;1-2/h4-7,10,14,16-17,23,26,29,31H,1,8-9,11-13,15,18-19H2,2-3H3;1-2H3/b22-21+;. The fourth-order valence-electron chi connectivity index (χ4n) is 5.80. The van der Waals surface area contributed by atoms with Crippen LogP contribution in [0.1, 0.15) is 52.7 Å². The van der Waals surface area contributed by atoms with Crippen LogP contribution in [0.2, 0.25) is 0 Å². The fourth-order valence-corrected chi connectivity index (χ4v) is 5.80. The van der Waals surface area contributed by atoms with Gasteiger partial charge in [-0.3, -0.25) is 4.79 Å². The summed E-state index contributed by atoms with van der Waals surface area (Å²) in [5.74, 6) is 0.857. The molecule has 2 aromatic rings. The molecule has 4 aliphatic rings. The highest BCUT2D eigenvalue weighted by Gasteiger charge is 2.34. The Morgan fingerprint density at radius 1 is 1.16 bits per heavy atom. The summed E-state index contributed by atoms with van der Waals surface area (Å²) in [7, 11) is 0. The van der Waals surface area contributed by atoms with E-state index < -0.39 is 0 Å². The number of ether oxygens (including phenoxy) is 1. The van der Waals surface area contributed by atoms with Gasteiger partial charge in [-0.1, -0.05) is 38.6 Å². The van der Waals surface area contributed by atoms with E-state index in [1.54, 1.807) is 0 Å². The van der Waals surface area contributed by atoms with E-state index in [9.17, 15) is 4.79 Å². The quantitative estimate of drug-likeness (QED) is 0.557. The number of amides is 1. The van der Waals surface area contributed by atoms with Crippen LogP contribution in [0.4, 0.5) is 0 Å². The van der Waals surface area contributed by atoms with Crippen molar-refractivity contribution >= 4 is 22.4 Å². The summed E-state index contributed by atoms with van der Waals surface area (Å²) >= 11 is 0. The molecule has 38 heavy (non-hydrogen) atoms. The van der Waals surface area contributed by atoms with Crippen molar-refractivity contribution in [3.05, 3.63) is 77.9 Å². The number of rotatable bonds is 5. The first-order valence-electron chi connectivity index (χ1n) is 14.3. The van der Waals surface area contributed by atoms with E-state index in [2.05, 4.69) is 65.5 Å². The number of hydrogen-bond donors (Lipinski definition) is 1. The van der Waals surface area contributed by atoms with Gasteiger partial charge in [0, 0.05) is 65.9 Å². The van der Waals surface area contributed by atoms with Gasteiger partial charge in [0.25, 0.3) is 5.91 Å². The largest absolute Gasteiger partial charge is 0.375 e. The Kier molecular flexibility index (Phi) is 7.91. The molecule has 4 heterocycles. The van der Waals surface area contributed by atoms with Crippen LogP contribution in [0.15, 0.2) is 72.2 Å². The lowest BCUT2D eigenvalue weighted by Crippen LogP contribution is -2.59. The predicted molar refractivity (Wildman–Crippen MR) is 155 cm³/mol. The van der Waals surface area contributed by atoms with Crippen molar-refractivity contribution in [2.24, 2.45) is 5.92 Å². The van der Waals surface area contributed by atoms with Gasteiger partial charge in [0.2, 0.25) is 0 Å². The maximum absolute atomic E-state index is 13.3. The number of hydrogen-bond acceptors (Lipinski definition) is 4. The van der Waals surface area contributed by atoms with E-state index in [-0.39, 0.29) is 18.1 Å². The van der Waals surface area contributed by atoms with E-state index in [4.69, 9.17) is 4.74 Å². The van der Waals surface area contributed by atoms with Crippen LogP contribution < -0.4 is 5.32 Å². The molecule has 3 aliphatic heterocycles. The normalized spacial score (nSPS) is 23.9. The van der Waals surface area contributed by atoms with Gasteiger partial charge in [-0.05, 0) is 68.9 Å². The van der Waals surface area contributed by atoms with Crippen LogP contribution in [0, 0.1) is 5.92 Å². The number of para-hydroxylation sites is 1. The topological polar surface area (TPSA) is 49.7 Å². The minimum absolute atomic E-state index is 0.0702. The molecule has 1 aromatic carbocycles. The zero-order valence-electron chi connectivity index (χ0n) is 23.4. The molecule has 3 fully saturated rings. The number of allylic oxidation sites excluding steroid dienone is 3. The van der Waals surface area contributed by atoms with E-state index in [1.165, 1.54) is 35.0 Å². The first-order valence-corrected chi connectivity index (χ1v) is 14.3. The molecule has 0 spiro atoms. The van der Waals surface area contributed by atoms with Crippen LogP contribution in [0.25, 0.3) is 16.5 Å². The van der Waals surface area contributed by atoms with Gasteiger partial charge in [0.05, 0.1) is 18.8 Å². The van der Waals surface area contributed by atoms with E-state index >= 15 is 0 Å². The third-order valence-electron chi connectivity index (χ3n) is 8.20. The van der Waals surface area contributed by atoms with Gasteiger partial charge in [0.1, 0.15) is 0 Å². The molecule has 6 rings (SSSR count). The zero-order valence-corrected chi connectivity index (χ0v) is 23.4. The highest BCUT2D eigenvalue weighted by Crippen LogP contribution is 2.36. The molecule has 0 bridgehead atoms. The molecular formula is C32H42N4O2. The Hall–Kier alpha value is -3.09. The van der Waals surface area contributed by atoms with Crippen LogP contribution >= 0.6 is 0 Å². The minimum Gasteiger partial charge on any atom is -0.375 e. The lowest BCUT2D eigenvalue weighted by Gasteiger charge is -2.41. The summed E-state index contributed by atoms with van der Waals surface area (Å²) in [5, 5.41) is 4.79. The minimum atomic E-state index is 0.0702. The van der Waals surface area contributed by atoms with Crippen LogP contribution in [0.5, 0.6) is 0 Å². The number of piperidine rings is 1. The molecule has 2 atom stereocenters. The monoisotopic (exact) mass is 514 g/mol. The maximum Gasteiger partial charge on any atom is 0.254 e. The number of likely N-dealkylation sites (tertiary alicyclic amines) is 1. The Morgan fingerprint density at radius 2 is 1.95 bits per heavy atom. The SMILES string of the molecule is C=C1C=C(C(=O)N2CCC3OCCNC3C2)C=CN1/C(C)=C(\C)c1cc2ccccc2n1CC1CC1.CC. The van der Waals surface area contributed by atoms with Gasteiger partial charge in [0.15, 0.2) is 0 Å². The third-order valence-corrected chi connectivity index (χ3v) is 8.20. The van der Waals surface area contributed by atoms with E-state index in [1.807, 2.05) is 37.1 Å². The van der Waals surface area contributed by atoms with Crippen LogP contribution in [-0.2, 0) is 16.1 Å². The number of carbonyl (C=O) groups excluding carboxylic acids is 1. The third kappa shape index (κ3) is 5.25. The second kappa shape index (κ2) is 11.3. The maximum atomic E-state index is 13.3. The van der Waals surface area contributed by atoms with Gasteiger partial charge >= 0.3 is 0 Å². The molecule has 1 saturated carbocycles. The smallest absolute Gasteiger partial charge is 0.254 e.